The van der Waals surface area contributed by atoms with Crippen LogP contribution in [0.2, 0.25) is 0 Å². The van der Waals surface area contributed by atoms with Gasteiger partial charge in [0.05, 0.1) is 19.4 Å². The van der Waals surface area contributed by atoms with E-state index in [1.807, 2.05) is 56.3 Å². The van der Waals surface area contributed by atoms with E-state index in [0.717, 1.165) is 16.5 Å². The average Bonchev–Trinajstić information content (AvgIpc) is 2.99. The topological polar surface area (TPSA) is 60.7 Å². The van der Waals surface area contributed by atoms with Crippen molar-refractivity contribution in [3.05, 3.63) is 59.4 Å². The number of ether oxygens (including phenoxy) is 2. The molecular formula is C20H21NO4. The molecule has 0 aliphatic carbocycles. The number of nitrogens with one attached hydrogen (secondary N) is 1. The Morgan fingerprint density at radius 3 is 2.76 bits per heavy atom. The van der Waals surface area contributed by atoms with Gasteiger partial charge in [0.1, 0.15) is 11.3 Å². The normalized spacial score (nSPS) is 10.8. The van der Waals surface area contributed by atoms with Crippen LogP contribution in [0.25, 0.3) is 11.0 Å². The van der Waals surface area contributed by atoms with Crippen LogP contribution in [0.1, 0.15) is 28.6 Å². The molecule has 0 aliphatic rings. The van der Waals surface area contributed by atoms with E-state index < -0.39 is 0 Å². The van der Waals surface area contributed by atoms with Crippen molar-refractivity contribution >= 4 is 22.6 Å². The Bertz CT molecular complexity index is 898. The second-order valence-electron chi connectivity index (χ2n) is 5.70. The van der Waals surface area contributed by atoms with E-state index in [2.05, 4.69) is 5.32 Å². The number of hydrogen-bond acceptors (Lipinski definition) is 4. The maximum absolute atomic E-state index is 12.8. The molecule has 0 saturated carbocycles. The van der Waals surface area contributed by atoms with Crippen molar-refractivity contribution in [2.75, 3.05) is 19.0 Å². The van der Waals surface area contributed by atoms with Gasteiger partial charge in [-0.15, -0.1) is 0 Å². The standard InChI is InChI=1S/C20H21NO4/c1-4-24-12-15-14-7-5-6-8-17(14)25-19(15)20(22)21-16-11-13(2)9-10-18(16)23-3/h5-11H,4,12H2,1-3H3,(H,21,22). The molecule has 0 atom stereocenters. The maximum Gasteiger partial charge on any atom is 0.291 e. The molecule has 0 fully saturated rings. The van der Waals surface area contributed by atoms with Gasteiger partial charge in [-0.3, -0.25) is 4.79 Å². The fourth-order valence-corrected chi connectivity index (χ4v) is 2.73. The number of carbonyl (C=O) groups is 1. The minimum Gasteiger partial charge on any atom is -0.495 e. The van der Waals surface area contributed by atoms with Crippen LogP contribution in [-0.2, 0) is 11.3 Å². The molecule has 0 unspecified atom stereocenters. The Labute approximate surface area is 146 Å². The predicted octanol–water partition coefficient (Wildman–Crippen LogP) is 4.54. The van der Waals surface area contributed by atoms with E-state index in [1.54, 1.807) is 7.11 Å². The van der Waals surface area contributed by atoms with Crippen LogP contribution >= 0.6 is 0 Å². The third-order valence-corrected chi connectivity index (χ3v) is 3.96. The highest BCUT2D eigenvalue weighted by Crippen LogP contribution is 2.30. The van der Waals surface area contributed by atoms with Gasteiger partial charge in [-0.1, -0.05) is 24.3 Å². The van der Waals surface area contributed by atoms with Crippen molar-refractivity contribution in [1.29, 1.82) is 0 Å². The Balaban J connectivity index is 1.98. The Morgan fingerprint density at radius 2 is 2.00 bits per heavy atom. The van der Waals surface area contributed by atoms with E-state index in [-0.39, 0.29) is 11.7 Å². The van der Waals surface area contributed by atoms with Gasteiger partial charge in [-0.2, -0.15) is 0 Å². The summed E-state index contributed by atoms with van der Waals surface area (Å²) in [5, 5.41) is 3.77. The quantitative estimate of drug-likeness (QED) is 0.716. The zero-order valence-electron chi connectivity index (χ0n) is 14.6. The Hall–Kier alpha value is -2.79. The molecule has 0 bridgehead atoms. The van der Waals surface area contributed by atoms with Gasteiger partial charge >= 0.3 is 0 Å². The van der Waals surface area contributed by atoms with Crippen LogP contribution in [0.4, 0.5) is 5.69 Å². The lowest BCUT2D eigenvalue weighted by molar-refractivity contribution is 0.0984. The minimum atomic E-state index is -0.324. The number of benzene rings is 2. The summed E-state index contributed by atoms with van der Waals surface area (Å²) < 4.78 is 16.6. The third-order valence-electron chi connectivity index (χ3n) is 3.96. The van der Waals surface area contributed by atoms with Gasteiger partial charge < -0.3 is 19.2 Å². The molecule has 3 aromatic rings. The third kappa shape index (κ3) is 3.51. The molecule has 5 nitrogen and oxygen atoms in total. The first-order valence-corrected chi connectivity index (χ1v) is 8.18. The lowest BCUT2D eigenvalue weighted by Gasteiger charge is -2.11. The number of anilines is 1. The van der Waals surface area contributed by atoms with Crippen molar-refractivity contribution in [2.24, 2.45) is 0 Å². The molecule has 0 aliphatic heterocycles. The molecule has 0 spiro atoms. The van der Waals surface area contributed by atoms with Crippen LogP contribution in [0.3, 0.4) is 0 Å². The molecule has 25 heavy (non-hydrogen) atoms. The number of furan rings is 1. The lowest BCUT2D eigenvalue weighted by Crippen LogP contribution is -2.14. The number of aryl methyl sites for hydroxylation is 1. The van der Waals surface area contributed by atoms with Gasteiger partial charge in [-0.05, 0) is 37.6 Å². The van der Waals surface area contributed by atoms with Crippen molar-refractivity contribution in [1.82, 2.24) is 0 Å². The monoisotopic (exact) mass is 339 g/mol. The second kappa shape index (κ2) is 7.40. The van der Waals surface area contributed by atoms with E-state index in [4.69, 9.17) is 13.9 Å². The first-order chi connectivity index (χ1) is 12.1. The fraction of sp³-hybridized carbons (Fsp3) is 0.250. The molecule has 1 N–H and O–H groups in total. The smallest absolute Gasteiger partial charge is 0.291 e. The van der Waals surface area contributed by atoms with Gasteiger partial charge in [0, 0.05) is 17.6 Å². The second-order valence-corrected chi connectivity index (χ2v) is 5.70. The van der Waals surface area contributed by atoms with E-state index in [0.29, 0.717) is 30.2 Å². The summed E-state index contributed by atoms with van der Waals surface area (Å²) in [6.07, 6.45) is 0. The number of hydrogen-bond donors (Lipinski definition) is 1. The molecule has 130 valence electrons. The zero-order valence-corrected chi connectivity index (χ0v) is 14.6. The number of amides is 1. The first-order valence-electron chi connectivity index (χ1n) is 8.18. The van der Waals surface area contributed by atoms with Gasteiger partial charge in [0.15, 0.2) is 5.76 Å². The van der Waals surface area contributed by atoms with Crippen molar-refractivity contribution in [2.45, 2.75) is 20.5 Å². The molecule has 1 heterocycles. The minimum absolute atomic E-state index is 0.262. The Kier molecular flexibility index (Phi) is 5.05. The van der Waals surface area contributed by atoms with E-state index in [1.165, 1.54) is 0 Å². The highest BCUT2D eigenvalue weighted by molar-refractivity contribution is 6.07. The molecule has 3 rings (SSSR count). The average molecular weight is 339 g/mol. The molecule has 0 saturated heterocycles. The Morgan fingerprint density at radius 1 is 1.20 bits per heavy atom. The molecule has 5 heteroatoms. The zero-order chi connectivity index (χ0) is 17.8. The SMILES string of the molecule is CCOCc1c(C(=O)Nc2cc(C)ccc2OC)oc2ccccc12. The number of para-hydroxylation sites is 1. The molecule has 1 aromatic heterocycles. The maximum atomic E-state index is 12.8. The summed E-state index contributed by atoms with van der Waals surface area (Å²) in [4.78, 5) is 12.8. The van der Waals surface area contributed by atoms with Crippen molar-refractivity contribution < 1.29 is 18.7 Å². The summed E-state index contributed by atoms with van der Waals surface area (Å²) in [6, 6.07) is 13.2. The number of carbonyl (C=O) groups excluding carboxylic acids is 1. The molecule has 1 amide bonds. The van der Waals surface area contributed by atoms with E-state index >= 15 is 0 Å². The highest BCUT2D eigenvalue weighted by atomic mass is 16.5. The van der Waals surface area contributed by atoms with Crippen LogP contribution in [-0.4, -0.2) is 19.6 Å². The predicted molar refractivity (Wildman–Crippen MR) is 97.2 cm³/mol. The van der Waals surface area contributed by atoms with Gasteiger partial charge in [0.2, 0.25) is 0 Å². The summed E-state index contributed by atoms with van der Waals surface area (Å²) in [5.74, 6) is 0.537. The highest BCUT2D eigenvalue weighted by Gasteiger charge is 2.21. The number of fused-ring (bicyclic) bond motifs is 1. The fourth-order valence-electron chi connectivity index (χ4n) is 2.73. The van der Waals surface area contributed by atoms with Crippen molar-refractivity contribution in [3.8, 4) is 5.75 Å². The van der Waals surface area contributed by atoms with Crippen LogP contribution in [0.15, 0.2) is 46.9 Å². The summed E-state index contributed by atoms with van der Waals surface area (Å²) >= 11 is 0. The van der Waals surface area contributed by atoms with Crippen LogP contribution in [0, 0.1) is 6.92 Å². The summed E-state index contributed by atoms with van der Waals surface area (Å²) in [6.45, 7) is 4.75. The summed E-state index contributed by atoms with van der Waals surface area (Å²) in [7, 11) is 1.57. The van der Waals surface area contributed by atoms with E-state index in [9.17, 15) is 4.79 Å². The lowest BCUT2D eigenvalue weighted by atomic mass is 10.1. The molecule has 0 radical (unpaired) electrons. The van der Waals surface area contributed by atoms with Crippen molar-refractivity contribution in [3.63, 3.8) is 0 Å². The summed E-state index contributed by atoms with van der Waals surface area (Å²) in [5.41, 5.74) is 3.05. The van der Waals surface area contributed by atoms with Crippen LogP contribution < -0.4 is 10.1 Å². The van der Waals surface area contributed by atoms with Gasteiger partial charge in [-0.25, -0.2) is 0 Å². The number of rotatable bonds is 6. The largest absolute Gasteiger partial charge is 0.495 e. The number of methoxy groups -OCH3 is 1. The molecule has 2 aromatic carbocycles. The first kappa shape index (κ1) is 17.0. The molecular weight excluding hydrogens is 318 g/mol. The van der Waals surface area contributed by atoms with Gasteiger partial charge in [0.25, 0.3) is 5.91 Å². The van der Waals surface area contributed by atoms with Crippen LogP contribution in [0.5, 0.6) is 5.75 Å².